The first-order valence-corrected chi connectivity index (χ1v) is 10.6. The smallest absolute Gasteiger partial charge is 0.330 e. The van der Waals surface area contributed by atoms with Crippen molar-refractivity contribution in [3.63, 3.8) is 0 Å². The summed E-state index contributed by atoms with van der Waals surface area (Å²) in [5.41, 5.74) is 3.19. The fourth-order valence-electron chi connectivity index (χ4n) is 2.87. The number of hydrogen-bond donors (Lipinski definition) is 1. The number of esters is 1. The average Bonchev–Trinajstić information content (AvgIpc) is 2.75. The van der Waals surface area contributed by atoms with Crippen LogP contribution in [0.5, 0.6) is 5.75 Å². The second-order valence-corrected chi connectivity index (χ2v) is 6.97. The summed E-state index contributed by atoms with van der Waals surface area (Å²) >= 11 is 0. The molecule has 0 heterocycles. The fourth-order valence-corrected chi connectivity index (χ4v) is 2.87. The van der Waals surface area contributed by atoms with Gasteiger partial charge in [-0.05, 0) is 54.8 Å². The van der Waals surface area contributed by atoms with Crippen molar-refractivity contribution in [1.29, 1.82) is 0 Å². The second kappa shape index (κ2) is 13.4. The summed E-state index contributed by atoms with van der Waals surface area (Å²) in [6.07, 6.45) is 9.45. The Kier molecular flexibility index (Phi) is 10.4. The molecular weight excluding hydrogens is 362 g/mol. The molecule has 0 aromatic heterocycles. The van der Waals surface area contributed by atoms with E-state index in [2.05, 4.69) is 24.4 Å². The lowest BCUT2D eigenvalue weighted by Crippen LogP contribution is -2.00. The predicted octanol–water partition coefficient (Wildman–Crippen LogP) is 6.22. The van der Waals surface area contributed by atoms with E-state index >= 15 is 0 Å². The number of ether oxygens (including phenoxy) is 2. The van der Waals surface area contributed by atoms with Crippen molar-refractivity contribution in [2.75, 3.05) is 18.5 Å². The minimum Gasteiger partial charge on any atom is -0.494 e. The largest absolute Gasteiger partial charge is 0.494 e. The summed E-state index contributed by atoms with van der Waals surface area (Å²) in [6, 6.07) is 16.2. The highest BCUT2D eigenvalue weighted by Crippen LogP contribution is 2.16. The highest BCUT2D eigenvalue weighted by molar-refractivity contribution is 5.87. The number of hydrogen-bond acceptors (Lipinski definition) is 4. The Morgan fingerprint density at radius 1 is 0.931 bits per heavy atom. The van der Waals surface area contributed by atoms with Crippen LogP contribution in [0.15, 0.2) is 54.6 Å². The average molecular weight is 396 g/mol. The fraction of sp³-hybridized carbons (Fsp3) is 0.400. The van der Waals surface area contributed by atoms with Gasteiger partial charge < -0.3 is 14.8 Å². The molecule has 2 rings (SSSR count). The number of carbonyl (C=O) groups is 1. The zero-order chi connectivity index (χ0) is 20.7. The van der Waals surface area contributed by atoms with E-state index in [1.807, 2.05) is 36.4 Å². The van der Waals surface area contributed by atoms with E-state index in [0.29, 0.717) is 6.61 Å². The summed E-state index contributed by atoms with van der Waals surface area (Å²) in [5, 5.41) is 3.41. The first kappa shape index (κ1) is 22.5. The second-order valence-electron chi connectivity index (χ2n) is 6.97. The van der Waals surface area contributed by atoms with Crippen LogP contribution in [0.25, 0.3) is 6.08 Å². The molecule has 2 aromatic rings. The maximum Gasteiger partial charge on any atom is 0.330 e. The Hall–Kier alpha value is -2.75. The molecule has 0 bridgehead atoms. The summed E-state index contributed by atoms with van der Waals surface area (Å²) < 4.78 is 10.7. The zero-order valence-corrected chi connectivity index (χ0v) is 17.7. The first-order valence-electron chi connectivity index (χ1n) is 10.6. The van der Waals surface area contributed by atoms with Gasteiger partial charge in [-0.1, -0.05) is 56.9 Å². The molecule has 0 saturated heterocycles. The predicted molar refractivity (Wildman–Crippen MR) is 120 cm³/mol. The Balaban J connectivity index is 1.72. The molecule has 0 atom stereocenters. The molecular formula is C25H33NO3. The quantitative estimate of drug-likeness (QED) is 0.248. The van der Waals surface area contributed by atoms with Crippen molar-refractivity contribution >= 4 is 17.7 Å². The Bertz CT molecular complexity index is 736. The summed E-state index contributed by atoms with van der Waals surface area (Å²) in [7, 11) is 0. The third kappa shape index (κ3) is 9.33. The van der Waals surface area contributed by atoms with Crippen molar-refractivity contribution in [3.8, 4) is 5.75 Å². The van der Waals surface area contributed by atoms with Crippen LogP contribution >= 0.6 is 0 Å². The normalized spacial score (nSPS) is 10.8. The van der Waals surface area contributed by atoms with Crippen molar-refractivity contribution in [2.45, 2.75) is 52.5 Å². The minimum absolute atomic E-state index is 0.321. The lowest BCUT2D eigenvalue weighted by Gasteiger charge is -2.09. The molecule has 29 heavy (non-hydrogen) atoms. The van der Waals surface area contributed by atoms with Gasteiger partial charge in [0, 0.05) is 18.3 Å². The molecule has 0 aliphatic carbocycles. The van der Waals surface area contributed by atoms with Gasteiger partial charge in [0.1, 0.15) is 5.75 Å². The molecule has 1 N–H and O–H groups in total. The van der Waals surface area contributed by atoms with Crippen LogP contribution in [0.4, 0.5) is 5.69 Å². The van der Waals surface area contributed by atoms with Gasteiger partial charge in [0.25, 0.3) is 0 Å². The van der Waals surface area contributed by atoms with Crippen LogP contribution in [0.1, 0.15) is 57.1 Å². The van der Waals surface area contributed by atoms with E-state index in [4.69, 9.17) is 9.47 Å². The van der Waals surface area contributed by atoms with Crippen LogP contribution in [-0.2, 0) is 16.1 Å². The van der Waals surface area contributed by atoms with Crippen LogP contribution < -0.4 is 10.1 Å². The van der Waals surface area contributed by atoms with E-state index in [0.717, 1.165) is 36.6 Å². The number of unbranched alkanes of at least 4 members (excludes halogenated alkanes) is 4. The maximum absolute atomic E-state index is 11.3. The molecule has 4 nitrogen and oxygen atoms in total. The van der Waals surface area contributed by atoms with E-state index in [1.54, 1.807) is 13.0 Å². The van der Waals surface area contributed by atoms with Gasteiger partial charge in [0.05, 0.1) is 13.2 Å². The van der Waals surface area contributed by atoms with Gasteiger partial charge in [-0.15, -0.1) is 0 Å². The molecule has 0 unspecified atom stereocenters. The molecule has 156 valence electrons. The van der Waals surface area contributed by atoms with Gasteiger partial charge in [0.15, 0.2) is 0 Å². The number of carbonyl (C=O) groups excluding carboxylic acids is 1. The molecule has 0 aliphatic rings. The number of rotatable bonds is 13. The monoisotopic (exact) mass is 395 g/mol. The highest BCUT2D eigenvalue weighted by atomic mass is 16.5. The molecule has 4 heteroatoms. The van der Waals surface area contributed by atoms with Gasteiger partial charge in [-0.3, -0.25) is 0 Å². The third-order valence-corrected chi connectivity index (χ3v) is 4.55. The van der Waals surface area contributed by atoms with E-state index in [9.17, 15) is 4.79 Å². The molecule has 2 aromatic carbocycles. The van der Waals surface area contributed by atoms with Crippen LogP contribution in [0, 0.1) is 0 Å². The maximum atomic E-state index is 11.3. The van der Waals surface area contributed by atoms with Crippen molar-refractivity contribution < 1.29 is 14.3 Å². The lowest BCUT2D eigenvalue weighted by molar-refractivity contribution is -0.137. The van der Waals surface area contributed by atoms with Crippen molar-refractivity contribution in [1.82, 2.24) is 0 Å². The topological polar surface area (TPSA) is 47.6 Å². The van der Waals surface area contributed by atoms with Gasteiger partial charge in [-0.2, -0.15) is 0 Å². The number of anilines is 1. The summed E-state index contributed by atoms with van der Waals surface area (Å²) in [4.78, 5) is 11.3. The molecule has 0 radical (unpaired) electrons. The van der Waals surface area contributed by atoms with Gasteiger partial charge in [0.2, 0.25) is 0 Å². The number of nitrogens with one attached hydrogen (secondary N) is 1. The molecule has 0 saturated carbocycles. The third-order valence-electron chi connectivity index (χ3n) is 4.55. The molecule has 0 aliphatic heterocycles. The van der Waals surface area contributed by atoms with E-state index < -0.39 is 0 Å². The standard InChI is InChI=1S/C25H33NO3/c1-3-5-6-7-8-19-29-24-16-11-22(12-17-24)20-26-23-14-9-21(10-15-23)13-18-25(27)28-4-2/h9-18,26H,3-8,19-20H2,1-2H3. The van der Waals surface area contributed by atoms with Crippen LogP contribution in [0.3, 0.4) is 0 Å². The molecule has 0 amide bonds. The minimum atomic E-state index is -0.321. The molecule has 0 spiro atoms. The number of benzene rings is 2. The van der Waals surface area contributed by atoms with Gasteiger partial charge in [-0.25, -0.2) is 4.79 Å². The summed E-state index contributed by atoms with van der Waals surface area (Å²) in [6.45, 7) is 5.95. The van der Waals surface area contributed by atoms with E-state index in [-0.39, 0.29) is 5.97 Å². The van der Waals surface area contributed by atoms with Crippen LogP contribution in [0.2, 0.25) is 0 Å². The Labute approximate surface area is 174 Å². The van der Waals surface area contributed by atoms with Crippen LogP contribution in [-0.4, -0.2) is 19.2 Å². The van der Waals surface area contributed by atoms with Crippen molar-refractivity contribution in [2.24, 2.45) is 0 Å². The first-order chi connectivity index (χ1) is 14.2. The molecule has 0 fully saturated rings. The Morgan fingerprint density at radius 2 is 1.66 bits per heavy atom. The van der Waals surface area contributed by atoms with Crippen molar-refractivity contribution in [3.05, 3.63) is 65.7 Å². The lowest BCUT2D eigenvalue weighted by atomic mass is 10.1. The highest BCUT2D eigenvalue weighted by Gasteiger charge is 1.98. The summed E-state index contributed by atoms with van der Waals surface area (Å²) in [5.74, 6) is 0.612. The van der Waals surface area contributed by atoms with Gasteiger partial charge >= 0.3 is 5.97 Å². The SMILES string of the molecule is CCCCCCCOc1ccc(CNc2ccc(C=CC(=O)OCC)cc2)cc1. The Morgan fingerprint density at radius 3 is 2.34 bits per heavy atom. The van der Waals surface area contributed by atoms with E-state index in [1.165, 1.54) is 37.3 Å². The zero-order valence-electron chi connectivity index (χ0n) is 17.7.